The molecule has 2 saturated carbocycles. The molecule has 4 N–H and O–H groups in total. The van der Waals surface area contributed by atoms with Crippen molar-refractivity contribution in [2.45, 2.75) is 38.5 Å². The Hall–Kier alpha value is -1.10. The third kappa shape index (κ3) is 2.66. The van der Waals surface area contributed by atoms with E-state index in [1.807, 2.05) is 0 Å². The molecule has 102 valence electrons. The van der Waals surface area contributed by atoms with E-state index in [-0.39, 0.29) is 24.3 Å². The fourth-order valence-electron chi connectivity index (χ4n) is 2.84. The van der Waals surface area contributed by atoms with Gasteiger partial charge in [0.05, 0.1) is 5.41 Å². The highest BCUT2D eigenvalue weighted by molar-refractivity contribution is 5.82. The Bertz CT molecular complexity index is 339. The summed E-state index contributed by atoms with van der Waals surface area (Å²) in [6, 6.07) is 0. The molecule has 18 heavy (non-hydrogen) atoms. The van der Waals surface area contributed by atoms with Crippen molar-refractivity contribution in [3.63, 3.8) is 0 Å². The van der Waals surface area contributed by atoms with Gasteiger partial charge in [0.15, 0.2) is 0 Å². The van der Waals surface area contributed by atoms with Crippen LogP contribution in [0.15, 0.2) is 0 Å². The SMILES string of the molecule is NCC1CCCCC1C(=O)NCC1(C(=O)O)CC1. The van der Waals surface area contributed by atoms with Gasteiger partial charge in [0.1, 0.15) is 0 Å². The standard InChI is InChI=1S/C13H22N2O3/c14-7-9-3-1-2-4-10(9)11(16)15-8-13(5-6-13)12(17)18/h9-10H,1-8,14H2,(H,15,16)(H,17,18). The molecule has 0 aromatic carbocycles. The van der Waals surface area contributed by atoms with E-state index in [1.165, 1.54) is 0 Å². The average molecular weight is 254 g/mol. The number of carboxylic acids is 1. The van der Waals surface area contributed by atoms with E-state index in [4.69, 9.17) is 10.8 Å². The molecule has 0 aromatic heterocycles. The Morgan fingerprint density at radius 1 is 1.28 bits per heavy atom. The molecular weight excluding hydrogens is 232 g/mol. The second-order valence-corrected chi connectivity index (χ2v) is 5.69. The Morgan fingerprint density at radius 3 is 2.50 bits per heavy atom. The monoisotopic (exact) mass is 254 g/mol. The van der Waals surface area contributed by atoms with E-state index in [0.29, 0.717) is 19.4 Å². The normalized spacial score (nSPS) is 29.6. The topological polar surface area (TPSA) is 92.4 Å². The molecule has 5 heteroatoms. The van der Waals surface area contributed by atoms with Gasteiger partial charge in [-0.2, -0.15) is 0 Å². The van der Waals surface area contributed by atoms with Gasteiger partial charge in [-0.25, -0.2) is 0 Å². The van der Waals surface area contributed by atoms with Gasteiger partial charge >= 0.3 is 5.97 Å². The number of carbonyl (C=O) groups is 2. The summed E-state index contributed by atoms with van der Waals surface area (Å²) in [4.78, 5) is 23.1. The van der Waals surface area contributed by atoms with Crippen LogP contribution < -0.4 is 11.1 Å². The van der Waals surface area contributed by atoms with Gasteiger partial charge in [-0.3, -0.25) is 9.59 Å². The smallest absolute Gasteiger partial charge is 0.311 e. The molecule has 0 heterocycles. The van der Waals surface area contributed by atoms with E-state index in [9.17, 15) is 9.59 Å². The maximum atomic E-state index is 12.1. The fourth-order valence-corrected chi connectivity index (χ4v) is 2.84. The van der Waals surface area contributed by atoms with Crippen LogP contribution in [-0.2, 0) is 9.59 Å². The Kier molecular flexibility index (Phi) is 3.90. The lowest BCUT2D eigenvalue weighted by molar-refractivity contribution is -0.143. The van der Waals surface area contributed by atoms with Crippen LogP contribution in [0.4, 0.5) is 0 Å². The average Bonchev–Trinajstić information content (AvgIpc) is 3.17. The van der Waals surface area contributed by atoms with Crippen molar-refractivity contribution in [1.82, 2.24) is 5.32 Å². The van der Waals surface area contributed by atoms with Crippen LogP contribution >= 0.6 is 0 Å². The number of rotatable bonds is 5. The van der Waals surface area contributed by atoms with Crippen LogP contribution in [0.5, 0.6) is 0 Å². The van der Waals surface area contributed by atoms with Crippen LogP contribution in [-0.4, -0.2) is 30.1 Å². The maximum Gasteiger partial charge on any atom is 0.311 e. The van der Waals surface area contributed by atoms with Gasteiger partial charge in [0.25, 0.3) is 0 Å². The van der Waals surface area contributed by atoms with Crippen molar-refractivity contribution in [2.75, 3.05) is 13.1 Å². The summed E-state index contributed by atoms with van der Waals surface area (Å²) in [6.45, 7) is 0.817. The third-order valence-corrected chi connectivity index (χ3v) is 4.46. The summed E-state index contributed by atoms with van der Waals surface area (Å²) < 4.78 is 0. The van der Waals surface area contributed by atoms with Crippen molar-refractivity contribution < 1.29 is 14.7 Å². The van der Waals surface area contributed by atoms with Crippen molar-refractivity contribution in [1.29, 1.82) is 0 Å². The van der Waals surface area contributed by atoms with Crippen molar-refractivity contribution in [3.8, 4) is 0 Å². The number of carbonyl (C=O) groups excluding carboxylic acids is 1. The van der Waals surface area contributed by atoms with Crippen LogP contribution in [0.1, 0.15) is 38.5 Å². The van der Waals surface area contributed by atoms with Crippen LogP contribution in [0.3, 0.4) is 0 Å². The van der Waals surface area contributed by atoms with E-state index >= 15 is 0 Å². The summed E-state index contributed by atoms with van der Waals surface area (Å²) in [5, 5.41) is 11.9. The highest BCUT2D eigenvalue weighted by atomic mass is 16.4. The van der Waals surface area contributed by atoms with Gasteiger partial charge in [-0.05, 0) is 38.1 Å². The Balaban J connectivity index is 1.85. The van der Waals surface area contributed by atoms with E-state index in [2.05, 4.69) is 5.32 Å². The molecular formula is C13H22N2O3. The second kappa shape index (κ2) is 5.26. The predicted molar refractivity (Wildman–Crippen MR) is 66.8 cm³/mol. The van der Waals surface area contributed by atoms with Crippen LogP contribution in [0.25, 0.3) is 0 Å². The van der Waals surface area contributed by atoms with Gasteiger partial charge in [-0.15, -0.1) is 0 Å². The zero-order chi connectivity index (χ0) is 13.2. The molecule has 0 bridgehead atoms. The maximum absolute atomic E-state index is 12.1. The predicted octanol–water partition coefficient (Wildman–Crippen LogP) is 0.732. The minimum absolute atomic E-state index is 0.00215. The zero-order valence-electron chi connectivity index (χ0n) is 10.7. The molecule has 2 aliphatic carbocycles. The largest absolute Gasteiger partial charge is 0.481 e. The van der Waals surface area contributed by atoms with E-state index in [1.54, 1.807) is 0 Å². The van der Waals surface area contributed by atoms with Gasteiger partial charge in [-0.1, -0.05) is 12.8 Å². The molecule has 2 fully saturated rings. The van der Waals surface area contributed by atoms with Gasteiger partial charge in [0.2, 0.25) is 5.91 Å². The molecule has 0 spiro atoms. The first kappa shape index (κ1) is 13.3. The fraction of sp³-hybridized carbons (Fsp3) is 0.846. The third-order valence-electron chi connectivity index (χ3n) is 4.46. The second-order valence-electron chi connectivity index (χ2n) is 5.69. The molecule has 0 aliphatic heterocycles. The molecule has 2 atom stereocenters. The number of aliphatic carboxylic acids is 1. The zero-order valence-corrected chi connectivity index (χ0v) is 10.7. The van der Waals surface area contributed by atoms with E-state index in [0.717, 1.165) is 25.7 Å². The first-order valence-electron chi connectivity index (χ1n) is 6.80. The number of hydrogen-bond acceptors (Lipinski definition) is 3. The molecule has 2 aliphatic rings. The quantitative estimate of drug-likeness (QED) is 0.674. The highest BCUT2D eigenvalue weighted by Crippen LogP contribution is 2.45. The minimum Gasteiger partial charge on any atom is -0.481 e. The summed E-state index contributed by atoms with van der Waals surface area (Å²) in [6.07, 6.45) is 5.46. The molecule has 5 nitrogen and oxygen atoms in total. The molecule has 0 aromatic rings. The van der Waals surface area contributed by atoms with Crippen molar-refractivity contribution >= 4 is 11.9 Å². The Morgan fingerprint density at radius 2 is 1.94 bits per heavy atom. The molecule has 2 unspecified atom stereocenters. The number of nitrogens with one attached hydrogen (secondary N) is 1. The lowest BCUT2D eigenvalue weighted by Crippen LogP contribution is -2.42. The first-order valence-corrected chi connectivity index (χ1v) is 6.80. The number of hydrogen-bond donors (Lipinski definition) is 3. The summed E-state index contributed by atoms with van der Waals surface area (Å²) in [5.41, 5.74) is 5.02. The Labute approximate surface area is 107 Å². The minimum atomic E-state index is -0.790. The van der Waals surface area contributed by atoms with Crippen LogP contribution in [0.2, 0.25) is 0 Å². The number of amides is 1. The van der Waals surface area contributed by atoms with E-state index < -0.39 is 11.4 Å². The lowest BCUT2D eigenvalue weighted by Gasteiger charge is -2.29. The first-order chi connectivity index (χ1) is 8.59. The van der Waals surface area contributed by atoms with Crippen molar-refractivity contribution in [2.24, 2.45) is 23.0 Å². The summed E-state index contributed by atoms with van der Waals surface area (Å²) >= 11 is 0. The summed E-state index contributed by atoms with van der Waals surface area (Å²) in [7, 11) is 0. The highest BCUT2D eigenvalue weighted by Gasteiger charge is 2.50. The number of carboxylic acid groups (broad SMARTS) is 1. The van der Waals surface area contributed by atoms with Crippen LogP contribution in [0, 0.1) is 17.3 Å². The van der Waals surface area contributed by atoms with Crippen molar-refractivity contribution in [3.05, 3.63) is 0 Å². The summed E-state index contributed by atoms with van der Waals surface area (Å²) in [5.74, 6) is -0.549. The number of nitrogens with two attached hydrogens (primary N) is 1. The molecule has 0 saturated heterocycles. The van der Waals surface area contributed by atoms with Gasteiger partial charge in [0, 0.05) is 12.5 Å². The molecule has 1 amide bonds. The lowest BCUT2D eigenvalue weighted by atomic mass is 9.78. The van der Waals surface area contributed by atoms with Gasteiger partial charge < -0.3 is 16.2 Å². The molecule has 2 rings (SSSR count). The molecule has 0 radical (unpaired) electrons.